The van der Waals surface area contributed by atoms with Crippen molar-refractivity contribution >= 4 is 28.6 Å². The van der Waals surface area contributed by atoms with Crippen molar-refractivity contribution in [2.24, 2.45) is 5.92 Å². The number of hydrogen-bond acceptors (Lipinski definition) is 4. The summed E-state index contributed by atoms with van der Waals surface area (Å²) in [6.07, 6.45) is 2.46. The molecule has 9 heteroatoms. The maximum atomic E-state index is 14.6. The van der Waals surface area contributed by atoms with Crippen LogP contribution in [-0.2, 0) is 0 Å². The molecule has 1 amide bonds. The molecule has 6 nitrogen and oxygen atoms in total. The van der Waals surface area contributed by atoms with Crippen molar-refractivity contribution in [3.05, 3.63) is 53.3 Å². The highest BCUT2D eigenvalue weighted by Gasteiger charge is 2.43. The third kappa shape index (κ3) is 5.81. The predicted octanol–water partition coefficient (Wildman–Crippen LogP) is 7.19. The molecule has 3 rings (SSSR count). The Balaban J connectivity index is 1.94. The largest absolute Gasteiger partial charge is 0.474 e. The molecule has 1 atom stereocenters. The zero-order chi connectivity index (χ0) is 26.1. The van der Waals surface area contributed by atoms with Crippen LogP contribution in [0.15, 0.2) is 36.7 Å². The molecule has 2 heterocycles. The SMILES string of the molecule is CC(C)CC(C)(COc1ncc(-c2ccnc3cc(F)cc(F)c23)cc1Cl)N(C(=O)O)C(C)(C)C. The second-order valence-electron chi connectivity index (χ2n) is 10.3. The first-order chi connectivity index (χ1) is 16.2. The van der Waals surface area contributed by atoms with E-state index in [4.69, 9.17) is 16.3 Å². The molecule has 0 aliphatic rings. The number of aromatic nitrogens is 2. The lowest BCUT2D eigenvalue weighted by atomic mass is 9.86. The highest BCUT2D eigenvalue weighted by atomic mass is 35.5. The van der Waals surface area contributed by atoms with E-state index in [0.29, 0.717) is 17.5 Å². The fourth-order valence-electron chi connectivity index (χ4n) is 4.77. The van der Waals surface area contributed by atoms with E-state index in [1.54, 1.807) is 12.1 Å². The first kappa shape index (κ1) is 26.6. The second-order valence-corrected chi connectivity index (χ2v) is 10.7. The van der Waals surface area contributed by atoms with Crippen molar-refractivity contribution in [1.82, 2.24) is 14.9 Å². The van der Waals surface area contributed by atoms with Crippen molar-refractivity contribution in [2.45, 2.75) is 59.0 Å². The number of carbonyl (C=O) groups is 1. The Morgan fingerprint density at radius 1 is 1.17 bits per heavy atom. The quantitative estimate of drug-likeness (QED) is 0.367. The van der Waals surface area contributed by atoms with Crippen molar-refractivity contribution in [2.75, 3.05) is 6.61 Å². The number of fused-ring (bicyclic) bond motifs is 1. The fraction of sp³-hybridized carbons (Fsp3) is 0.423. The Labute approximate surface area is 208 Å². The van der Waals surface area contributed by atoms with E-state index in [2.05, 4.69) is 9.97 Å². The van der Waals surface area contributed by atoms with Gasteiger partial charge in [-0.05, 0) is 57.7 Å². The Bertz CT molecular complexity index is 1250. The topological polar surface area (TPSA) is 75.6 Å². The van der Waals surface area contributed by atoms with Gasteiger partial charge in [-0.15, -0.1) is 0 Å². The van der Waals surface area contributed by atoms with Crippen LogP contribution in [0.5, 0.6) is 5.88 Å². The number of pyridine rings is 2. The first-order valence-electron chi connectivity index (χ1n) is 11.3. The normalized spacial score (nSPS) is 13.7. The van der Waals surface area contributed by atoms with Crippen LogP contribution in [0.25, 0.3) is 22.0 Å². The highest BCUT2D eigenvalue weighted by Crippen LogP contribution is 2.35. The van der Waals surface area contributed by atoms with E-state index in [9.17, 15) is 18.7 Å². The van der Waals surface area contributed by atoms with Crippen LogP contribution in [0.1, 0.15) is 48.0 Å². The van der Waals surface area contributed by atoms with Gasteiger partial charge in [0.1, 0.15) is 23.3 Å². The van der Waals surface area contributed by atoms with Gasteiger partial charge in [-0.2, -0.15) is 0 Å². The fourth-order valence-corrected chi connectivity index (χ4v) is 4.99. The minimum absolute atomic E-state index is 0.0346. The number of amides is 1. The van der Waals surface area contributed by atoms with E-state index < -0.39 is 28.8 Å². The molecule has 1 aromatic carbocycles. The summed E-state index contributed by atoms with van der Waals surface area (Å²) in [5, 5.41) is 10.3. The molecule has 0 fully saturated rings. The standard InChI is InChI=1S/C26H30ClF2N3O3/c1-15(2)12-26(6,32(24(33)34)25(3,4)5)14-35-23-19(27)9-16(13-31-23)18-7-8-30-21-11-17(28)10-20(29)22(18)21/h7-11,13,15H,12,14H2,1-6H3,(H,33,34). The number of benzene rings is 1. The van der Waals surface area contributed by atoms with Crippen LogP contribution in [0.3, 0.4) is 0 Å². The van der Waals surface area contributed by atoms with Gasteiger partial charge in [0.2, 0.25) is 5.88 Å². The summed E-state index contributed by atoms with van der Waals surface area (Å²) >= 11 is 6.48. The van der Waals surface area contributed by atoms with E-state index in [1.165, 1.54) is 17.3 Å². The molecule has 0 aliphatic carbocycles. The summed E-state index contributed by atoms with van der Waals surface area (Å²) in [5.74, 6) is -1.11. The lowest BCUT2D eigenvalue weighted by Crippen LogP contribution is -2.61. The zero-order valence-corrected chi connectivity index (χ0v) is 21.5. The summed E-state index contributed by atoms with van der Waals surface area (Å²) in [6, 6.07) is 5.15. The minimum Gasteiger partial charge on any atom is -0.474 e. The van der Waals surface area contributed by atoms with E-state index in [0.717, 1.165) is 12.1 Å². The molecule has 188 valence electrons. The maximum absolute atomic E-state index is 14.6. The molecular formula is C26H30ClF2N3O3. The van der Waals surface area contributed by atoms with E-state index in [1.807, 2.05) is 41.5 Å². The van der Waals surface area contributed by atoms with Gasteiger partial charge in [-0.25, -0.2) is 18.6 Å². The van der Waals surface area contributed by atoms with Gasteiger partial charge in [0.15, 0.2) is 0 Å². The Kier molecular flexibility index (Phi) is 7.55. The van der Waals surface area contributed by atoms with Gasteiger partial charge in [0.05, 0.1) is 11.1 Å². The van der Waals surface area contributed by atoms with E-state index in [-0.39, 0.29) is 34.3 Å². The lowest BCUT2D eigenvalue weighted by Gasteiger charge is -2.47. The minimum atomic E-state index is -1.04. The Morgan fingerprint density at radius 3 is 2.43 bits per heavy atom. The third-order valence-electron chi connectivity index (χ3n) is 5.65. The maximum Gasteiger partial charge on any atom is 0.408 e. The number of carboxylic acid groups (broad SMARTS) is 1. The van der Waals surface area contributed by atoms with Gasteiger partial charge in [0.25, 0.3) is 0 Å². The van der Waals surface area contributed by atoms with Gasteiger partial charge >= 0.3 is 6.09 Å². The van der Waals surface area contributed by atoms with Gasteiger partial charge in [-0.3, -0.25) is 9.88 Å². The summed E-state index contributed by atoms with van der Waals surface area (Å²) in [7, 11) is 0. The molecule has 0 saturated heterocycles. The third-order valence-corrected chi connectivity index (χ3v) is 5.92. The van der Waals surface area contributed by atoms with Crippen molar-refractivity contribution in [3.63, 3.8) is 0 Å². The molecule has 1 N–H and O–H groups in total. The smallest absolute Gasteiger partial charge is 0.408 e. The molecule has 0 bridgehead atoms. The number of nitrogens with zero attached hydrogens (tertiary/aromatic N) is 3. The number of hydrogen-bond donors (Lipinski definition) is 1. The molecule has 1 unspecified atom stereocenters. The van der Waals surface area contributed by atoms with Crippen molar-refractivity contribution in [1.29, 1.82) is 0 Å². The number of ether oxygens (including phenoxy) is 1. The monoisotopic (exact) mass is 505 g/mol. The summed E-state index contributed by atoms with van der Waals surface area (Å²) < 4.78 is 34.1. The van der Waals surface area contributed by atoms with Gasteiger partial charge < -0.3 is 9.84 Å². The molecule has 3 aromatic rings. The molecular weight excluding hydrogens is 476 g/mol. The van der Waals surface area contributed by atoms with Crippen molar-refractivity contribution < 1.29 is 23.4 Å². The second kappa shape index (κ2) is 9.93. The number of rotatable bonds is 7. The first-order valence-corrected chi connectivity index (χ1v) is 11.7. The Hall–Kier alpha value is -3.00. The van der Waals surface area contributed by atoms with Crippen LogP contribution >= 0.6 is 11.6 Å². The van der Waals surface area contributed by atoms with Crippen LogP contribution in [0.4, 0.5) is 13.6 Å². The molecule has 0 radical (unpaired) electrons. The van der Waals surface area contributed by atoms with Crippen LogP contribution in [0.2, 0.25) is 5.02 Å². The van der Waals surface area contributed by atoms with Crippen LogP contribution < -0.4 is 4.74 Å². The highest BCUT2D eigenvalue weighted by molar-refractivity contribution is 6.32. The summed E-state index contributed by atoms with van der Waals surface area (Å²) in [5.41, 5.74) is -0.366. The molecule has 0 saturated carbocycles. The average Bonchev–Trinajstić information content (AvgIpc) is 2.70. The van der Waals surface area contributed by atoms with Crippen LogP contribution in [-0.4, -0.2) is 43.8 Å². The van der Waals surface area contributed by atoms with Gasteiger partial charge in [0, 0.05) is 41.0 Å². The lowest BCUT2D eigenvalue weighted by molar-refractivity contribution is -0.0116. The average molecular weight is 506 g/mol. The summed E-state index contributed by atoms with van der Waals surface area (Å²) in [6.45, 7) is 11.4. The molecule has 35 heavy (non-hydrogen) atoms. The van der Waals surface area contributed by atoms with Gasteiger partial charge in [-0.1, -0.05) is 25.4 Å². The molecule has 2 aromatic heterocycles. The van der Waals surface area contributed by atoms with Crippen molar-refractivity contribution in [3.8, 4) is 17.0 Å². The molecule has 0 spiro atoms. The zero-order valence-electron chi connectivity index (χ0n) is 20.7. The predicted molar refractivity (Wildman–Crippen MR) is 133 cm³/mol. The van der Waals surface area contributed by atoms with Crippen LogP contribution in [0, 0.1) is 17.6 Å². The van der Waals surface area contributed by atoms with E-state index >= 15 is 0 Å². The molecule has 0 aliphatic heterocycles. The Morgan fingerprint density at radius 2 is 1.86 bits per heavy atom. The summed E-state index contributed by atoms with van der Waals surface area (Å²) in [4.78, 5) is 22.0. The number of halogens is 3.